The van der Waals surface area contributed by atoms with Crippen molar-refractivity contribution >= 4 is 11.6 Å². The molecule has 0 saturated carbocycles. The molecule has 0 atom stereocenters. The number of nitrogens with one attached hydrogen (secondary N) is 2. The molecule has 5 rings (SSSR count). The maximum absolute atomic E-state index is 10.3. The summed E-state index contributed by atoms with van der Waals surface area (Å²) in [6.45, 7) is 5.79. The van der Waals surface area contributed by atoms with Gasteiger partial charge in [-0.3, -0.25) is 9.67 Å². The fraction of sp³-hybridized carbons (Fsp3) is 0.280. The molecule has 0 radical (unpaired) electrons. The summed E-state index contributed by atoms with van der Waals surface area (Å²) in [5.41, 5.74) is 6.01. The zero-order valence-corrected chi connectivity index (χ0v) is 18.8. The van der Waals surface area contributed by atoms with Crippen molar-refractivity contribution < 1.29 is 5.11 Å². The average molecular weight is 442 g/mol. The fourth-order valence-corrected chi connectivity index (χ4v) is 4.06. The number of pyridine rings is 1. The first-order valence-electron chi connectivity index (χ1n) is 11.1. The number of rotatable bonds is 6. The van der Waals surface area contributed by atoms with Gasteiger partial charge in [0.05, 0.1) is 17.8 Å². The summed E-state index contributed by atoms with van der Waals surface area (Å²) in [5.74, 6) is 0.522. The predicted octanol–water partition coefficient (Wildman–Crippen LogP) is 3.56. The zero-order valence-electron chi connectivity index (χ0n) is 18.8. The molecule has 168 valence electrons. The summed E-state index contributed by atoms with van der Waals surface area (Å²) in [7, 11) is 0. The van der Waals surface area contributed by atoms with E-state index in [9.17, 15) is 5.11 Å². The van der Waals surface area contributed by atoms with Crippen molar-refractivity contribution in [3.63, 3.8) is 0 Å². The topological polar surface area (TPSA) is 101 Å². The van der Waals surface area contributed by atoms with Gasteiger partial charge in [0.1, 0.15) is 5.69 Å². The van der Waals surface area contributed by atoms with Crippen LogP contribution in [0.3, 0.4) is 0 Å². The highest BCUT2D eigenvalue weighted by atomic mass is 16.3. The molecule has 0 fully saturated rings. The monoisotopic (exact) mass is 441 g/mol. The Morgan fingerprint density at radius 1 is 1.15 bits per heavy atom. The van der Waals surface area contributed by atoms with Crippen LogP contribution in [-0.2, 0) is 19.5 Å². The minimum absolute atomic E-state index is 0.362. The number of nitrogens with zero attached hydrogens (tertiary/aromatic N) is 5. The molecule has 1 aromatic carbocycles. The lowest BCUT2D eigenvalue weighted by molar-refractivity contribution is 0.0578. The largest absolute Gasteiger partial charge is 0.389 e. The molecule has 8 heteroatoms. The SMILES string of the molecule is CC(C)(O)Cn1cc(-c2ccnc(Nc3ccc4c(c3)CCNC4)n2)c(-c2cccnc2)n1. The van der Waals surface area contributed by atoms with E-state index in [1.54, 1.807) is 37.1 Å². The molecule has 0 aliphatic carbocycles. The first-order valence-corrected chi connectivity index (χ1v) is 11.1. The Morgan fingerprint density at radius 3 is 2.88 bits per heavy atom. The van der Waals surface area contributed by atoms with E-state index in [1.807, 2.05) is 24.4 Å². The molecule has 0 spiro atoms. The smallest absolute Gasteiger partial charge is 0.227 e. The van der Waals surface area contributed by atoms with Gasteiger partial charge >= 0.3 is 0 Å². The average Bonchev–Trinajstić information content (AvgIpc) is 3.22. The van der Waals surface area contributed by atoms with Crippen LogP contribution < -0.4 is 10.6 Å². The summed E-state index contributed by atoms with van der Waals surface area (Å²) in [5, 5.41) is 21.8. The molecule has 4 heterocycles. The standard InChI is InChI=1S/C25H27N7O/c1-25(2,33)16-32-15-21(23(31-32)19-4-3-9-26-14-19)22-8-11-28-24(30-22)29-20-6-5-18-13-27-10-7-17(18)12-20/h3-6,8-9,11-12,14-15,27,33H,7,10,13,16H2,1-2H3,(H,28,29,30). The van der Waals surface area contributed by atoms with Crippen LogP contribution in [0.4, 0.5) is 11.6 Å². The Hall–Kier alpha value is -3.62. The quantitative estimate of drug-likeness (QED) is 0.421. The normalized spacial score (nSPS) is 13.5. The van der Waals surface area contributed by atoms with E-state index in [4.69, 9.17) is 10.1 Å². The van der Waals surface area contributed by atoms with Crippen molar-refractivity contribution in [3.8, 4) is 22.5 Å². The highest BCUT2D eigenvalue weighted by Gasteiger charge is 2.20. The molecule has 3 aromatic heterocycles. The molecule has 3 N–H and O–H groups in total. The van der Waals surface area contributed by atoms with Gasteiger partial charge < -0.3 is 15.7 Å². The lowest BCUT2D eigenvalue weighted by Gasteiger charge is -2.18. The zero-order chi connectivity index (χ0) is 22.8. The molecule has 4 aromatic rings. The van der Waals surface area contributed by atoms with Crippen LogP contribution >= 0.6 is 0 Å². The Balaban J connectivity index is 1.49. The van der Waals surface area contributed by atoms with Gasteiger partial charge in [0.15, 0.2) is 0 Å². The second-order valence-corrected chi connectivity index (χ2v) is 8.94. The van der Waals surface area contributed by atoms with Crippen LogP contribution in [0, 0.1) is 0 Å². The summed E-state index contributed by atoms with van der Waals surface area (Å²) in [6, 6.07) is 12.1. The Kier molecular flexibility index (Phi) is 5.62. The van der Waals surface area contributed by atoms with Crippen LogP contribution in [0.1, 0.15) is 25.0 Å². The van der Waals surface area contributed by atoms with E-state index in [0.717, 1.165) is 47.7 Å². The molecular weight excluding hydrogens is 414 g/mol. The number of aromatic nitrogens is 5. The van der Waals surface area contributed by atoms with E-state index in [1.165, 1.54) is 11.1 Å². The van der Waals surface area contributed by atoms with Crippen LogP contribution in [-0.4, -0.2) is 42.0 Å². The van der Waals surface area contributed by atoms with E-state index in [-0.39, 0.29) is 0 Å². The third-order valence-corrected chi connectivity index (χ3v) is 5.53. The van der Waals surface area contributed by atoms with Gasteiger partial charge in [-0.1, -0.05) is 6.07 Å². The summed E-state index contributed by atoms with van der Waals surface area (Å²) in [6.07, 6.45) is 8.19. The van der Waals surface area contributed by atoms with Gasteiger partial charge in [-0.2, -0.15) is 5.10 Å². The van der Waals surface area contributed by atoms with Crippen molar-refractivity contribution in [2.75, 3.05) is 11.9 Å². The number of anilines is 2. The summed E-state index contributed by atoms with van der Waals surface area (Å²) >= 11 is 0. The molecule has 1 aliphatic rings. The van der Waals surface area contributed by atoms with Gasteiger partial charge in [0.25, 0.3) is 0 Å². The van der Waals surface area contributed by atoms with Gasteiger partial charge in [0.2, 0.25) is 5.95 Å². The Bertz CT molecular complexity index is 1260. The second kappa shape index (κ2) is 8.73. The molecule has 0 saturated heterocycles. The lowest BCUT2D eigenvalue weighted by atomic mass is 10.0. The molecule has 0 amide bonds. The Labute approximate surface area is 192 Å². The minimum Gasteiger partial charge on any atom is -0.389 e. The van der Waals surface area contributed by atoms with Crippen molar-refractivity contribution in [1.82, 2.24) is 30.0 Å². The van der Waals surface area contributed by atoms with E-state index < -0.39 is 5.60 Å². The Morgan fingerprint density at radius 2 is 2.06 bits per heavy atom. The predicted molar refractivity (Wildman–Crippen MR) is 128 cm³/mol. The maximum atomic E-state index is 10.3. The number of fused-ring (bicyclic) bond motifs is 1. The lowest BCUT2D eigenvalue weighted by Crippen LogP contribution is -2.26. The molecule has 33 heavy (non-hydrogen) atoms. The second-order valence-electron chi connectivity index (χ2n) is 8.94. The van der Waals surface area contributed by atoms with Crippen LogP contribution in [0.15, 0.2) is 61.2 Å². The van der Waals surface area contributed by atoms with E-state index >= 15 is 0 Å². The third-order valence-electron chi connectivity index (χ3n) is 5.53. The van der Waals surface area contributed by atoms with Crippen LogP contribution in [0.25, 0.3) is 22.5 Å². The van der Waals surface area contributed by atoms with Crippen molar-refractivity contribution in [2.45, 2.75) is 39.0 Å². The number of benzene rings is 1. The van der Waals surface area contributed by atoms with Gasteiger partial charge in [-0.25, -0.2) is 9.97 Å². The molecule has 0 unspecified atom stereocenters. The highest BCUT2D eigenvalue weighted by molar-refractivity contribution is 5.78. The number of aliphatic hydroxyl groups is 1. The molecule has 1 aliphatic heterocycles. The number of hydrogen-bond donors (Lipinski definition) is 3. The van der Waals surface area contributed by atoms with Gasteiger partial charge in [-0.05, 0) is 68.3 Å². The summed E-state index contributed by atoms with van der Waals surface area (Å²) in [4.78, 5) is 13.4. The molecular formula is C25H27N7O. The highest BCUT2D eigenvalue weighted by Crippen LogP contribution is 2.31. The van der Waals surface area contributed by atoms with Crippen molar-refractivity contribution in [1.29, 1.82) is 0 Å². The molecule has 8 nitrogen and oxygen atoms in total. The minimum atomic E-state index is -0.893. The van der Waals surface area contributed by atoms with E-state index in [0.29, 0.717) is 12.5 Å². The third kappa shape index (κ3) is 4.92. The van der Waals surface area contributed by atoms with Gasteiger partial charge in [-0.15, -0.1) is 0 Å². The number of hydrogen-bond acceptors (Lipinski definition) is 7. The maximum Gasteiger partial charge on any atom is 0.227 e. The molecule has 0 bridgehead atoms. The van der Waals surface area contributed by atoms with Crippen LogP contribution in [0.5, 0.6) is 0 Å². The van der Waals surface area contributed by atoms with Gasteiger partial charge in [0, 0.05) is 48.1 Å². The van der Waals surface area contributed by atoms with Crippen molar-refractivity contribution in [3.05, 3.63) is 72.3 Å². The fourth-order valence-electron chi connectivity index (χ4n) is 4.06. The first-order chi connectivity index (χ1) is 15.9. The van der Waals surface area contributed by atoms with E-state index in [2.05, 4.69) is 38.8 Å². The van der Waals surface area contributed by atoms with Crippen LogP contribution in [0.2, 0.25) is 0 Å². The first kappa shape index (κ1) is 21.2. The van der Waals surface area contributed by atoms with Crippen molar-refractivity contribution in [2.24, 2.45) is 0 Å². The summed E-state index contributed by atoms with van der Waals surface area (Å²) < 4.78 is 1.75.